The fraction of sp³-hybridized carbons (Fsp3) is 0.231. The summed E-state index contributed by atoms with van der Waals surface area (Å²) in [6, 6.07) is 6.44. The fourth-order valence-corrected chi connectivity index (χ4v) is 5.83. The Morgan fingerprint density at radius 2 is 1.95 bits per heavy atom. The van der Waals surface area contributed by atoms with E-state index in [0.29, 0.717) is 37.3 Å². The molecule has 0 atom stereocenters. The van der Waals surface area contributed by atoms with Crippen LogP contribution in [0.5, 0.6) is 0 Å². The lowest BCUT2D eigenvalue weighted by molar-refractivity contribution is -0.126. The minimum absolute atomic E-state index is 0.00683. The first kappa shape index (κ1) is 25.6. The molecule has 0 radical (unpaired) electrons. The summed E-state index contributed by atoms with van der Waals surface area (Å²) in [5, 5.41) is 10.7. The van der Waals surface area contributed by atoms with Crippen LogP contribution in [0.4, 0.5) is 25.4 Å². The zero-order valence-corrected chi connectivity index (χ0v) is 22.1. The first-order chi connectivity index (χ1) is 18.2. The van der Waals surface area contributed by atoms with Gasteiger partial charge in [0.25, 0.3) is 0 Å². The van der Waals surface area contributed by atoms with Gasteiger partial charge in [-0.15, -0.1) is 0 Å². The Kier molecular flexibility index (Phi) is 6.54. The molecular formula is C26H22ClF2N7OS. The van der Waals surface area contributed by atoms with Crippen molar-refractivity contribution in [3.05, 3.63) is 53.1 Å². The van der Waals surface area contributed by atoms with Gasteiger partial charge in [0.1, 0.15) is 28.8 Å². The van der Waals surface area contributed by atoms with Crippen LogP contribution in [0.2, 0.25) is 5.02 Å². The third-order valence-electron chi connectivity index (χ3n) is 6.52. The van der Waals surface area contributed by atoms with Crippen molar-refractivity contribution in [3.8, 4) is 17.2 Å². The van der Waals surface area contributed by atoms with E-state index in [4.69, 9.17) is 17.3 Å². The van der Waals surface area contributed by atoms with Crippen LogP contribution in [0.3, 0.4) is 0 Å². The number of nitrogens with two attached hydrogens (primary N) is 1. The van der Waals surface area contributed by atoms with E-state index >= 15 is 4.39 Å². The molecule has 0 aliphatic carbocycles. The number of rotatable bonds is 4. The average Bonchev–Trinajstić information content (AvgIpc) is 3.31. The number of amides is 1. The minimum atomic E-state index is -0.721. The molecule has 1 aliphatic rings. The van der Waals surface area contributed by atoms with Crippen LogP contribution < -0.4 is 15.5 Å². The van der Waals surface area contributed by atoms with E-state index in [1.54, 1.807) is 30.0 Å². The van der Waals surface area contributed by atoms with Crippen molar-refractivity contribution in [1.29, 1.82) is 5.26 Å². The van der Waals surface area contributed by atoms with Crippen LogP contribution in [0.25, 0.3) is 32.2 Å². The van der Waals surface area contributed by atoms with Gasteiger partial charge in [-0.2, -0.15) is 5.26 Å². The van der Waals surface area contributed by atoms with Crippen molar-refractivity contribution in [1.82, 2.24) is 14.9 Å². The molecular weight excluding hydrogens is 532 g/mol. The number of anilines is 3. The standard InChI is InChI=1S/C26H22ClF2N7OS/c1-4-18(37)35-7-9-36(10-8-35)23-14-11-16(27)19(13-5-6-17(28)24-22(13)33-26(31)38-24)20(29)21(14)32-25(34(2)3)15(23)12-30/h4-6,11H,1,7-10H2,2-3H3,(H2,31,33). The average molecular weight is 554 g/mol. The third kappa shape index (κ3) is 4.06. The lowest BCUT2D eigenvalue weighted by Gasteiger charge is -2.37. The highest BCUT2D eigenvalue weighted by Crippen LogP contribution is 2.44. The first-order valence-corrected chi connectivity index (χ1v) is 12.8. The Balaban J connectivity index is 1.76. The summed E-state index contributed by atoms with van der Waals surface area (Å²) < 4.78 is 31.0. The van der Waals surface area contributed by atoms with Crippen molar-refractivity contribution in [2.24, 2.45) is 0 Å². The van der Waals surface area contributed by atoms with E-state index in [1.165, 1.54) is 18.2 Å². The summed E-state index contributed by atoms with van der Waals surface area (Å²) >= 11 is 7.66. The molecule has 38 heavy (non-hydrogen) atoms. The normalized spacial score (nSPS) is 13.7. The number of carbonyl (C=O) groups is 1. The summed E-state index contributed by atoms with van der Waals surface area (Å²) in [6.07, 6.45) is 1.27. The Morgan fingerprint density at radius 3 is 2.58 bits per heavy atom. The maximum Gasteiger partial charge on any atom is 0.246 e. The minimum Gasteiger partial charge on any atom is -0.375 e. The zero-order chi connectivity index (χ0) is 27.3. The van der Waals surface area contributed by atoms with E-state index in [2.05, 4.69) is 22.6 Å². The van der Waals surface area contributed by atoms with E-state index in [-0.39, 0.29) is 54.3 Å². The molecule has 2 aromatic carbocycles. The SMILES string of the molecule is C=CC(=O)N1CCN(c2c(C#N)c(N(C)C)nc3c(F)c(-c4ccc(F)c5sc(N)nc45)c(Cl)cc23)CC1. The van der Waals surface area contributed by atoms with Gasteiger partial charge >= 0.3 is 0 Å². The molecule has 1 aliphatic heterocycles. The van der Waals surface area contributed by atoms with E-state index in [0.717, 1.165) is 11.3 Å². The second kappa shape index (κ2) is 9.70. The molecule has 2 aromatic heterocycles. The number of aromatic nitrogens is 2. The van der Waals surface area contributed by atoms with Gasteiger partial charge in [0.15, 0.2) is 10.9 Å². The third-order valence-corrected chi connectivity index (χ3v) is 7.72. The van der Waals surface area contributed by atoms with Gasteiger partial charge in [-0.3, -0.25) is 4.79 Å². The molecule has 2 N–H and O–H groups in total. The quantitative estimate of drug-likeness (QED) is 0.362. The number of nitrogen functional groups attached to an aromatic ring is 1. The highest BCUT2D eigenvalue weighted by atomic mass is 35.5. The Labute approximate surface area is 226 Å². The Bertz CT molecular complexity index is 1670. The van der Waals surface area contributed by atoms with E-state index in [9.17, 15) is 14.4 Å². The number of thiazole rings is 1. The van der Waals surface area contributed by atoms with Gasteiger partial charge in [-0.25, -0.2) is 18.7 Å². The van der Waals surface area contributed by atoms with Gasteiger partial charge in [0.2, 0.25) is 5.91 Å². The van der Waals surface area contributed by atoms with Crippen molar-refractivity contribution in [3.63, 3.8) is 0 Å². The van der Waals surface area contributed by atoms with Crippen LogP contribution in [0, 0.1) is 23.0 Å². The molecule has 1 fully saturated rings. The van der Waals surface area contributed by atoms with Gasteiger partial charge < -0.3 is 20.4 Å². The van der Waals surface area contributed by atoms with Crippen LogP contribution >= 0.6 is 22.9 Å². The van der Waals surface area contributed by atoms with Gasteiger partial charge in [0.05, 0.1) is 20.9 Å². The van der Waals surface area contributed by atoms with Gasteiger partial charge in [0, 0.05) is 56.8 Å². The number of pyridine rings is 1. The maximum atomic E-state index is 16.4. The zero-order valence-electron chi connectivity index (χ0n) is 20.6. The number of nitriles is 1. The molecule has 0 bridgehead atoms. The number of fused-ring (bicyclic) bond motifs is 2. The molecule has 3 heterocycles. The van der Waals surface area contributed by atoms with Crippen LogP contribution in [0.15, 0.2) is 30.9 Å². The summed E-state index contributed by atoms with van der Waals surface area (Å²) in [6.45, 7) is 5.18. The summed E-state index contributed by atoms with van der Waals surface area (Å²) in [5.74, 6) is -1.13. The Morgan fingerprint density at radius 1 is 1.24 bits per heavy atom. The van der Waals surface area contributed by atoms with Gasteiger partial charge in [-0.1, -0.05) is 29.5 Å². The molecule has 1 amide bonds. The fourth-order valence-electron chi connectivity index (χ4n) is 4.78. The summed E-state index contributed by atoms with van der Waals surface area (Å²) in [5.41, 5.74) is 7.10. The molecule has 4 aromatic rings. The second-order valence-electron chi connectivity index (χ2n) is 8.95. The van der Waals surface area contributed by atoms with Crippen LogP contribution in [-0.2, 0) is 4.79 Å². The lowest BCUT2D eigenvalue weighted by atomic mass is 9.98. The number of piperazine rings is 1. The molecule has 5 rings (SSSR count). The van der Waals surface area contributed by atoms with E-state index < -0.39 is 11.6 Å². The molecule has 0 saturated carbocycles. The monoisotopic (exact) mass is 553 g/mol. The maximum absolute atomic E-state index is 16.4. The second-order valence-corrected chi connectivity index (χ2v) is 10.4. The summed E-state index contributed by atoms with van der Waals surface area (Å²) in [4.78, 5) is 26.1. The molecule has 0 unspecified atom stereocenters. The number of benzene rings is 2. The molecule has 194 valence electrons. The largest absolute Gasteiger partial charge is 0.375 e. The van der Waals surface area contributed by atoms with E-state index in [1.807, 2.05) is 4.90 Å². The number of halogens is 3. The number of carbonyl (C=O) groups excluding carboxylic acids is 1. The predicted molar refractivity (Wildman–Crippen MR) is 148 cm³/mol. The molecule has 0 spiro atoms. The number of hydrogen-bond acceptors (Lipinski definition) is 8. The lowest BCUT2D eigenvalue weighted by Crippen LogP contribution is -2.48. The van der Waals surface area contributed by atoms with Gasteiger partial charge in [-0.05, 0) is 24.3 Å². The van der Waals surface area contributed by atoms with Crippen molar-refractivity contribution < 1.29 is 13.6 Å². The topological polar surface area (TPSA) is 102 Å². The highest BCUT2D eigenvalue weighted by molar-refractivity contribution is 7.22. The van der Waals surface area contributed by atoms with Crippen LogP contribution in [-0.4, -0.2) is 61.0 Å². The molecule has 1 saturated heterocycles. The van der Waals surface area contributed by atoms with Crippen LogP contribution in [0.1, 0.15) is 5.56 Å². The number of nitrogens with zero attached hydrogens (tertiary/aromatic N) is 6. The molecule has 12 heteroatoms. The first-order valence-electron chi connectivity index (χ1n) is 11.6. The summed E-state index contributed by atoms with van der Waals surface area (Å²) in [7, 11) is 3.44. The number of hydrogen-bond donors (Lipinski definition) is 1. The van der Waals surface area contributed by atoms with Crippen molar-refractivity contribution in [2.45, 2.75) is 0 Å². The smallest absolute Gasteiger partial charge is 0.246 e. The van der Waals surface area contributed by atoms with Crippen molar-refractivity contribution >= 4 is 66.6 Å². The van der Waals surface area contributed by atoms with Crippen molar-refractivity contribution in [2.75, 3.05) is 55.8 Å². The Hall–Kier alpha value is -4.01. The highest BCUT2D eigenvalue weighted by Gasteiger charge is 2.29. The predicted octanol–water partition coefficient (Wildman–Crippen LogP) is 4.80. The molecule has 8 nitrogen and oxygen atoms in total.